The summed E-state index contributed by atoms with van der Waals surface area (Å²) in [4.78, 5) is 30.0. The third-order valence-electron chi connectivity index (χ3n) is 5.72. The van der Waals surface area contributed by atoms with Crippen LogP contribution in [0.4, 0.5) is 5.82 Å². The Bertz CT molecular complexity index is 1020. The van der Waals surface area contributed by atoms with Crippen LogP contribution in [0, 0.1) is 11.8 Å². The monoisotopic (exact) mass is 378 g/mol. The Morgan fingerprint density at radius 1 is 1.00 bits per heavy atom. The topological polar surface area (TPSA) is 85.0 Å². The van der Waals surface area contributed by atoms with Gasteiger partial charge in [-0.25, -0.2) is 14.6 Å². The number of fused-ring (bicyclic) bond motifs is 1. The summed E-state index contributed by atoms with van der Waals surface area (Å²) < 4.78 is 3.34. The summed E-state index contributed by atoms with van der Waals surface area (Å²) in [5.74, 6) is 2.88. The van der Waals surface area contributed by atoms with Gasteiger partial charge in [0.05, 0.1) is 0 Å². The van der Waals surface area contributed by atoms with E-state index in [0.29, 0.717) is 24.1 Å². The van der Waals surface area contributed by atoms with Crippen LogP contribution in [0.5, 0.6) is 0 Å². The Morgan fingerprint density at radius 3 is 2.54 bits per heavy atom. The minimum absolute atomic E-state index is 0.00618. The summed E-state index contributed by atoms with van der Waals surface area (Å²) in [6, 6.07) is 3.87. The highest BCUT2D eigenvalue weighted by Gasteiger charge is 2.40. The number of hydrogen-bond acceptors (Lipinski definition) is 7. The molecule has 0 spiro atoms. The van der Waals surface area contributed by atoms with E-state index >= 15 is 0 Å². The van der Waals surface area contributed by atoms with Gasteiger partial charge in [0, 0.05) is 70.6 Å². The van der Waals surface area contributed by atoms with Gasteiger partial charge < -0.3 is 9.47 Å². The van der Waals surface area contributed by atoms with Crippen molar-refractivity contribution in [1.82, 2.24) is 34.2 Å². The van der Waals surface area contributed by atoms with Gasteiger partial charge in [0.25, 0.3) is 5.56 Å². The molecule has 3 aromatic rings. The lowest BCUT2D eigenvalue weighted by Crippen LogP contribution is -2.32. The molecule has 0 aromatic carbocycles. The normalized spacial score (nSPS) is 22.0. The Labute approximate surface area is 162 Å². The molecule has 0 saturated carbocycles. The van der Waals surface area contributed by atoms with E-state index in [0.717, 1.165) is 37.8 Å². The Balaban J connectivity index is 1.26. The molecule has 0 radical (unpaired) electrons. The zero-order valence-corrected chi connectivity index (χ0v) is 15.7. The van der Waals surface area contributed by atoms with Crippen molar-refractivity contribution in [3.05, 3.63) is 59.3 Å². The average molecular weight is 378 g/mol. The van der Waals surface area contributed by atoms with E-state index in [4.69, 9.17) is 0 Å². The first-order valence-corrected chi connectivity index (χ1v) is 9.47. The van der Waals surface area contributed by atoms with Crippen molar-refractivity contribution < 1.29 is 0 Å². The number of nitrogens with zero attached hydrogens (tertiary/aromatic N) is 8. The number of likely N-dealkylation sites (tertiary alicyclic amines) is 1. The molecule has 0 N–H and O–H groups in total. The predicted molar refractivity (Wildman–Crippen MR) is 103 cm³/mol. The molecule has 3 aromatic heterocycles. The number of rotatable bonds is 4. The van der Waals surface area contributed by atoms with E-state index in [1.807, 2.05) is 18.3 Å². The quantitative estimate of drug-likeness (QED) is 0.646. The van der Waals surface area contributed by atoms with E-state index in [2.05, 4.69) is 29.9 Å². The van der Waals surface area contributed by atoms with Crippen molar-refractivity contribution in [1.29, 1.82) is 0 Å². The smallest absolute Gasteiger partial charge is 0.273 e. The molecular weight excluding hydrogens is 356 g/mol. The highest BCUT2D eigenvalue weighted by Crippen LogP contribution is 2.33. The molecule has 5 heterocycles. The van der Waals surface area contributed by atoms with E-state index in [1.54, 1.807) is 41.2 Å². The van der Waals surface area contributed by atoms with Crippen LogP contribution in [0.3, 0.4) is 0 Å². The second kappa shape index (κ2) is 6.83. The maximum absolute atomic E-state index is 12.2. The van der Waals surface area contributed by atoms with Crippen molar-refractivity contribution in [3.8, 4) is 5.82 Å². The highest BCUT2D eigenvalue weighted by molar-refractivity contribution is 5.44. The van der Waals surface area contributed by atoms with Crippen molar-refractivity contribution in [2.45, 2.75) is 6.54 Å². The van der Waals surface area contributed by atoms with Gasteiger partial charge in [0.15, 0.2) is 5.82 Å². The molecule has 2 aliphatic heterocycles. The Kier molecular flexibility index (Phi) is 4.16. The third kappa shape index (κ3) is 3.07. The van der Waals surface area contributed by atoms with Crippen LogP contribution in [0.1, 0.15) is 5.69 Å². The number of hydrogen-bond donors (Lipinski definition) is 0. The molecule has 2 aliphatic rings. The van der Waals surface area contributed by atoms with E-state index in [-0.39, 0.29) is 5.56 Å². The summed E-state index contributed by atoms with van der Waals surface area (Å²) in [5, 5.41) is 4.24. The molecule has 5 rings (SSSR count). The first-order chi connectivity index (χ1) is 13.7. The van der Waals surface area contributed by atoms with Gasteiger partial charge in [-0.05, 0) is 17.9 Å². The molecule has 2 unspecified atom stereocenters. The van der Waals surface area contributed by atoms with Crippen molar-refractivity contribution in [2.75, 3.05) is 31.1 Å². The molecule has 0 amide bonds. The first kappa shape index (κ1) is 17.1. The summed E-state index contributed by atoms with van der Waals surface area (Å²) in [6.07, 6.45) is 8.61. The maximum atomic E-state index is 12.2. The van der Waals surface area contributed by atoms with Crippen LogP contribution in [0.15, 0.2) is 48.0 Å². The van der Waals surface area contributed by atoms with Gasteiger partial charge >= 0.3 is 0 Å². The van der Waals surface area contributed by atoms with E-state index in [1.165, 1.54) is 0 Å². The third-order valence-corrected chi connectivity index (χ3v) is 5.72. The zero-order valence-electron chi connectivity index (χ0n) is 15.7. The minimum Gasteiger partial charge on any atom is -0.356 e. The van der Waals surface area contributed by atoms with Gasteiger partial charge in [0.1, 0.15) is 17.8 Å². The van der Waals surface area contributed by atoms with Gasteiger partial charge in [0.2, 0.25) is 0 Å². The fraction of sp³-hybridized carbons (Fsp3) is 0.421. The molecule has 144 valence electrons. The van der Waals surface area contributed by atoms with Crippen molar-refractivity contribution >= 4 is 5.82 Å². The largest absolute Gasteiger partial charge is 0.356 e. The number of aryl methyl sites for hydroxylation is 1. The van der Waals surface area contributed by atoms with E-state index < -0.39 is 0 Å². The van der Waals surface area contributed by atoms with Crippen molar-refractivity contribution in [2.24, 2.45) is 18.9 Å². The SMILES string of the molecule is Cn1ccnc(CN2CC3CN(c4cc(-n5cccn5)ncn4)CC3C2)c1=O. The number of aromatic nitrogens is 6. The lowest BCUT2D eigenvalue weighted by atomic mass is 10.0. The summed E-state index contributed by atoms with van der Waals surface area (Å²) in [7, 11) is 1.77. The summed E-state index contributed by atoms with van der Waals surface area (Å²) in [5.41, 5.74) is 0.620. The van der Waals surface area contributed by atoms with E-state index in [9.17, 15) is 4.79 Å². The van der Waals surface area contributed by atoms with Gasteiger partial charge in [-0.2, -0.15) is 5.10 Å². The molecule has 0 aliphatic carbocycles. The maximum Gasteiger partial charge on any atom is 0.273 e. The van der Waals surface area contributed by atoms with Crippen LogP contribution in [-0.4, -0.2) is 60.4 Å². The second-order valence-electron chi connectivity index (χ2n) is 7.59. The van der Waals surface area contributed by atoms with Crippen LogP contribution < -0.4 is 10.5 Å². The lowest BCUT2D eigenvalue weighted by Gasteiger charge is -2.22. The summed E-state index contributed by atoms with van der Waals surface area (Å²) >= 11 is 0. The molecule has 2 saturated heterocycles. The second-order valence-corrected chi connectivity index (χ2v) is 7.59. The first-order valence-electron chi connectivity index (χ1n) is 9.47. The zero-order chi connectivity index (χ0) is 19.1. The fourth-order valence-corrected chi connectivity index (χ4v) is 4.32. The van der Waals surface area contributed by atoms with Crippen LogP contribution in [0.2, 0.25) is 0 Å². The summed E-state index contributed by atoms with van der Waals surface area (Å²) in [6.45, 7) is 4.53. The fourth-order valence-electron chi connectivity index (χ4n) is 4.32. The molecule has 2 atom stereocenters. The highest BCUT2D eigenvalue weighted by atomic mass is 16.1. The van der Waals surface area contributed by atoms with Gasteiger partial charge in [-0.15, -0.1) is 0 Å². The number of anilines is 1. The Morgan fingerprint density at radius 2 is 1.79 bits per heavy atom. The predicted octanol–water partition coefficient (Wildman–Crippen LogP) is 0.324. The standard InChI is InChI=1S/C19H22N8O/c1-24-6-4-20-16(19(24)28)12-25-8-14-10-26(11-15(14)9-25)17-7-18(22-13-21-17)27-5-2-3-23-27/h2-7,13-15H,8-12H2,1H3. The molecular formula is C19H22N8O. The molecule has 2 fully saturated rings. The van der Waals surface area contributed by atoms with Crippen LogP contribution in [0.25, 0.3) is 5.82 Å². The minimum atomic E-state index is -0.00618. The Hall–Kier alpha value is -3.07. The average Bonchev–Trinajstić information content (AvgIpc) is 3.42. The van der Waals surface area contributed by atoms with Crippen molar-refractivity contribution in [3.63, 3.8) is 0 Å². The lowest BCUT2D eigenvalue weighted by molar-refractivity contribution is 0.303. The van der Waals surface area contributed by atoms with Gasteiger partial charge in [-0.3, -0.25) is 14.7 Å². The van der Waals surface area contributed by atoms with Gasteiger partial charge in [-0.1, -0.05) is 0 Å². The molecule has 9 nitrogen and oxygen atoms in total. The molecule has 0 bridgehead atoms. The molecule has 28 heavy (non-hydrogen) atoms. The molecule has 9 heteroatoms. The van der Waals surface area contributed by atoms with Crippen LogP contribution in [-0.2, 0) is 13.6 Å². The van der Waals surface area contributed by atoms with Crippen LogP contribution >= 0.6 is 0 Å².